The zero-order chi connectivity index (χ0) is 16.9. The molecule has 0 aromatic rings. The average Bonchev–Trinajstić information content (AvgIpc) is 2.67. The van der Waals surface area contributed by atoms with E-state index in [9.17, 15) is 14.7 Å². The molecule has 0 bridgehead atoms. The van der Waals surface area contributed by atoms with E-state index in [1.807, 2.05) is 0 Å². The van der Waals surface area contributed by atoms with Crippen LogP contribution in [-0.4, -0.2) is 40.8 Å². The first-order valence-corrected chi connectivity index (χ1v) is 8.06. The third-order valence-electron chi connectivity index (χ3n) is 5.06. The van der Waals surface area contributed by atoms with Crippen LogP contribution in [0.2, 0.25) is 0 Å². The number of carbonyl (C=O) groups is 2. The topological polar surface area (TPSA) is 113 Å². The maximum Gasteiger partial charge on any atom is 0.305 e. The number of hydrogen-bond acceptors (Lipinski definition) is 4. The van der Waals surface area contributed by atoms with Gasteiger partial charge in [0.25, 0.3) is 0 Å². The summed E-state index contributed by atoms with van der Waals surface area (Å²) in [5.74, 6) is -0.393. The van der Waals surface area contributed by atoms with Crippen molar-refractivity contribution < 1.29 is 19.8 Å². The Labute approximate surface area is 132 Å². The molecule has 4 atom stereocenters. The number of carbonyl (C=O) groups excluding carboxylic acids is 1. The average molecular weight is 314 g/mol. The number of nitrogens with one attached hydrogen (secondary N) is 1. The normalized spacial score (nSPS) is 26.4. The van der Waals surface area contributed by atoms with Crippen molar-refractivity contribution in [3.05, 3.63) is 0 Å². The molecular formula is C16H30N2O4. The van der Waals surface area contributed by atoms with E-state index < -0.39 is 24.3 Å². The number of nitrogens with two attached hydrogens (primary N) is 1. The molecule has 6 nitrogen and oxygen atoms in total. The number of aliphatic carboxylic acids is 1. The van der Waals surface area contributed by atoms with E-state index in [1.54, 1.807) is 0 Å². The monoisotopic (exact) mass is 314 g/mol. The lowest BCUT2D eigenvalue weighted by molar-refractivity contribution is -0.139. The first kappa shape index (κ1) is 18.9. The van der Waals surface area contributed by atoms with Gasteiger partial charge in [0.2, 0.25) is 5.91 Å². The predicted molar refractivity (Wildman–Crippen MR) is 84.1 cm³/mol. The summed E-state index contributed by atoms with van der Waals surface area (Å²) in [6.07, 6.45) is 3.64. The lowest BCUT2D eigenvalue weighted by atomic mass is 9.76. The molecule has 128 valence electrons. The highest BCUT2D eigenvalue weighted by Crippen LogP contribution is 2.48. The van der Waals surface area contributed by atoms with Gasteiger partial charge in [-0.2, -0.15) is 0 Å². The summed E-state index contributed by atoms with van der Waals surface area (Å²) in [7, 11) is 0. The van der Waals surface area contributed by atoms with Crippen molar-refractivity contribution in [2.45, 2.75) is 65.0 Å². The molecule has 0 spiro atoms. The van der Waals surface area contributed by atoms with E-state index in [4.69, 9.17) is 10.8 Å². The van der Waals surface area contributed by atoms with Gasteiger partial charge < -0.3 is 21.3 Å². The van der Waals surface area contributed by atoms with E-state index >= 15 is 0 Å². The summed E-state index contributed by atoms with van der Waals surface area (Å²) >= 11 is 0. The molecule has 6 heteroatoms. The van der Waals surface area contributed by atoms with Crippen LogP contribution in [0.3, 0.4) is 0 Å². The fourth-order valence-electron chi connectivity index (χ4n) is 3.61. The molecule has 1 saturated carbocycles. The summed E-state index contributed by atoms with van der Waals surface area (Å²) in [5.41, 5.74) is 5.82. The van der Waals surface area contributed by atoms with Gasteiger partial charge in [-0.3, -0.25) is 9.59 Å². The second kappa shape index (κ2) is 7.92. The van der Waals surface area contributed by atoms with Crippen molar-refractivity contribution in [2.24, 2.45) is 23.0 Å². The van der Waals surface area contributed by atoms with Crippen LogP contribution in [0.1, 0.15) is 52.9 Å². The van der Waals surface area contributed by atoms with Crippen molar-refractivity contribution in [2.75, 3.05) is 6.61 Å². The lowest BCUT2D eigenvalue weighted by Gasteiger charge is -2.31. The molecule has 22 heavy (non-hydrogen) atoms. The highest BCUT2D eigenvalue weighted by molar-refractivity contribution is 5.86. The van der Waals surface area contributed by atoms with Crippen molar-refractivity contribution in [3.8, 4) is 0 Å². The van der Waals surface area contributed by atoms with Crippen LogP contribution in [0.4, 0.5) is 0 Å². The maximum absolute atomic E-state index is 11.8. The SMILES string of the molecule is CC1CCC(C)(C)C1CCC(CO)NC(=O)[C@@H](N)CC(=O)O. The number of aliphatic hydroxyl groups is 1. The van der Waals surface area contributed by atoms with E-state index in [-0.39, 0.29) is 12.6 Å². The largest absolute Gasteiger partial charge is 0.481 e. The Morgan fingerprint density at radius 3 is 2.50 bits per heavy atom. The minimum atomic E-state index is -1.11. The molecule has 1 fully saturated rings. The zero-order valence-electron chi connectivity index (χ0n) is 13.8. The van der Waals surface area contributed by atoms with Crippen LogP contribution in [0, 0.1) is 17.3 Å². The minimum absolute atomic E-state index is 0.160. The van der Waals surface area contributed by atoms with Gasteiger partial charge in [0.1, 0.15) is 0 Å². The molecule has 1 aliphatic rings. The van der Waals surface area contributed by atoms with Crippen molar-refractivity contribution in [3.63, 3.8) is 0 Å². The molecule has 0 aliphatic heterocycles. The fraction of sp³-hybridized carbons (Fsp3) is 0.875. The van der Waals surface area contributed by atoms with E-state index in [0.717, 1.165) is 6.42 Å². The molecule has 5 N–H and O–H groups in total. The molecule has 1 rings (SSSR count). The lowest BCUT2D eigenvalue weighted by Crippen LogP contribution is -2.47. The predicted octanol–water partition coefficient (Wildman–Crippen LogP) is 1.12. The Hall–Kier alpha value is -1.14. The quantitative estimate of drug-likeness (QED) is 0.536. The van der Waals surface area contributed by atoms with Crippen LogP contribution in [0.5, 0.6) is 0 Å². The van der Waals surface area contributed by atoms with Gasteiger partial charge in [-0.25, -0.2) is 0 Å². The Balaban J connectivity index is 2.48. The van der Waals surface area contributed by atoms with Crippen molar-refractivity contribution in [1.82, 2.24) is 5.32 Å². The number of amides is 1. The molecule has 0 aromatic heterocycles. The summed E-state index contributed by atoms with van der Waals surface area (Å²) in [5, 5.41) is 20.7. The van der Waals surface area contributed by atoms with Crippen LogP contribution < -0.4 is 11.1 Å². The second-order valence-corrected chi connectivity index (χ2v) is 7.28. The summed E-state index contributed by atoms with van der Waals surface area (Å²) < 4.78 is 0. The molecule has 0 heterocycles. The summed E-state index contributed by atoms with van der Waals surface area (Å²) in [6.45, 7) is 6.65. The van der Waals surface area contributed by atoms with E-state index in [2.05, 4.69) is 26.1 Å². The van der Waals surface area contributed by atoms with Gasteiger partial charge in [0, 0.05) is 0 Å². The fourth-order valence-corrected chi connectivity index (χ4v) is 3.61. The van der Waals surface area contributed by atoms with Gasteiger partial charge >= 0.3 is 5.97 Å². The Kier molecular flexibility index (Phi) is 6.81. The Morgan fingerprint density at radius 2 is 2.05 bits per heavy atom. The van der Waals surface area contributed by atoms with E-state index in [0.29, 0.717) is 23.7 Å². The molecule has 0 radical (unpaired) electrons. The molecule has 0 aromatic carbocycles. The highest BCUT2D eigenvalue weighted by Gasteiger charge is 2.39. The number of hydrogen-bond donors (Lipinski definition) is 4. The zero-order valence-corrected chi connectivity index (χ0v) is 13.8. The molecule has 1 amide bonds. The third-order valence-corrected chi connectivity index (χ3v) is 5.06. The van der Waals surface area contributed by atoms with Crippen molar-refractivity contribution >= 4 is 11.9 Å². The molecule has 1 aliphatic carbocycles. The Morgan fingerprint density at radius 1 is 1.41 bits per heavy atom. The van der Waals surface area contributed by atoms with Crippen LogP contribution >= 0.6 is 0 Å². The Bertz CT molecular complexity index is 398. The maximum atomic E-state index is 11.8. The summed E-state index contributed by atoms with van der Waals surface area (Å²) in [4.78, 5) is 22.4. The minimum Gasteiger partial charge on any atom is -0.481 e. The van der Waals surface area contributed by atoms with E-state index in [1.165, 1.54) is 12.8 Å². The molecule has 3 unspecified atom stereocenters. The first-order chi connectivity index (χ1) is 10.2. The van der Waals surface area contributed by atoms with Crippen LogP contribution in [0.25, 0.3) is 0 Å². The van der Waals surface area contributed by atoms with Gasteiger partial charge in [0.05, 0.1) is 25.1 Å². The van der Waals surface area contributed by atoms with Crippen LogP contribution in [-0.2, 0) is 9.59 Å². The number of rotatable bonds is 8. The molecular weight excluding hydrogens is 284 g/mol. The second-order valence-electron chi connectivity index (χ2n) is 7.28. The van der Waals surface area contributed by atoms with Gasteiger partial charge in [-0.1, -0.05) is 20.8 Å². The third kappa shape index (κ3) is 5.25. The van der Waals surface area contributed by atoms with Gasteiger partial charge in [0.15, 0.2) is 0 Å². The number of carboxylic acids is 1. The van der Waals surface area contributed by atoms with Gasteiger partial charge in [-0.05, 0) is 42.9 Å². The standard InChI is InChI=1S/C16H30N2O4/c1-10-6-7-16(2,3)12(10)5-4-11(9-19)18-15(22)13(17)8-14(20)21/h10-13,19H,4-9,17H2,1-3H3,(H,18,22)(H,20,21)/t10?,11?,12?,13-/m0/s1. The molecule has 0 saturated heterocycles. The van der Waals surface area contributed by atoms with Crippen molar-refractivity contribution in [1.29, 1.82) is 0 Å². The van der Waals surface area contributed by atoms with Crippen LogP contribution in [0.15, 0.2) is 0 Å². The number of carboxylic acid groups (broad SMARTS) is 1. The van der Waals surface area contributed by atoms with Gasteiger partial charge in [-0.15, -0.1) is 0 Å². The summed E-state index contributed by atoms with van der Waals surface area (Å²) in [6, 6.07) is -1.44. The first-order valence-electron chi connectivity index (χ1n) is 8.06. The highest BCUT2D eigenvalue weighted by atomic mass is 16.4. The number of aliphatic hydroxyl groups excluding tert-OH is 1. The smallest absolute Gasteiger partial charge is 0.305 e.